The molecule has 12 heteroatoms. The summed E-state index contributed by atoms with van der Waals surface area (Å²) >= 11 is 0. The number of aromatic hydroxyl groups is 2. The first-order valence-electron chi connectivity index (χ1n) is 10.5. The van der Waals surface area contributed by atoms with Crippen molar-refractivity contribution in [1.82, 2.24) is 0 Å². The summed E-state index contributed by atoms with van der Waals surface area (Å²) in [4.78, 5) is 47.1. The number of ether oxygens (including phenoxy) is 3. The van der Waals surface area contributed by atoms with Crippen molar-refractivity contribution in [3.8, 4) is 11.5 Å². The zero-order valence-electron chi connectivity index (χ0n) is 19.1. The maximum Gasteiger partial charge on any atom is 0.342 e. The number of aliphatic carboxylic acids is 1. The van der Waals surface area contributed by atoms with Crippen molar-refractivity contribution in [3.63, 3.8) is 0 Å². The molecule has 1 aromatic rings. The molecule has 12 nitrogen and oxygen atoms in total. The van der Waals surface area contributed by atoms with Crippen LogP contribution in [0.4, 0.5) is 0 Å². The van der Waals surface area contributed by atoms with Gasteiger partial charge >= 0.3 is 23.9 Å². The lowest BCUT2D eigenvalue weighted by atomic mass is 10.00. The molecule has 0 bridgehead atoms. The van der Waals surface area contributed by atoms with Crippen molar-refractivity contribution in [2.45, 2.75) is 70.9 Å². The Hall–Kier alpha value is -3.38. The molecule has 1 rings (SSSR count). The fourth-order valence-corrected chi connectivity index (χ4v) is 3.03. The van der Waals surface area contributed by atoms with Crippen molar-refractivity contribution in [3.05, 3.63) is 23.3 Å². The van der Waals surface area contributed by atoms with Crippen LogP contribution in [0.2, 0.25) is 0 Å². The Balaban J connectivity index is 2.86. The second-order valence-corrected chi connectivity index (χ2v) is 7.87. The summed E-state index contributed by atoms with van der Waals surface area (Å²) < 4.78 is 15.2. The van der Waals surface area contributed by atoms with E-state index in [0.717, 1.165) is 12.1 Å². The quantitative estimate of drug-likeness (QED) is 0.193. The molecule has 34 heavy (non-hydrogen) atoms. The number of carbonyl (C=O) groups excluding carboxylic acids is 3. The van der Waals surface area contributed by atoms with Gasteiger partial charge in [0.25, 0.3) is 0 Å². The van der Waals surface area contributed by atoms with Gasteiger partial charge in [-0.3, -0.25) is 14.4 Å². The van der Waals surface area contributed by atoms with Crippen LogP contribution in [0.15, 0.2) is 12.1 Å². The molecule has 0 aromatic heterocycles. The highest BCUT2D eigenvalue weighted by Crippen LogP contribution is 2.30. The SMILES string of the molecule is C[C@H](CC(=O)O[C@H](C)Cc1cc(O)cc(O)c1C(=O)O[C@H](CO)CC(=O)O)OC(=O)C[C@@H](C)O. The number of hydrogen-bond donors (Lipinski definition) is 5. The molecule has 4 atom stereocenters. The molecule has 0 unspecified atom stereocenters. The number of phenols is 2. The van der Waals surface area contributed by atoms with Crippen LogP contribution in [0.1, 0.15) is 56.0 Å². The molecule has 5 N–H and O–H groups in total. The lowest BCUT2D eigenvalue weighted by Crippen LogP contribution is -2.27. The Bertz CT molecular complexity index is 879. The van der Waals surface area contributed by atoms with Crippen molar-refractivity contribution < 1.29 is 58.9 Å². The third-order valence-corrected chi connectivity index (χ3v) is 4.36. The normalized spacial score (nSPS) is 14.4. The number of benzene rings is 1. The highest BCUT2D eigenvalue weighted by atomic mass is 16.6. The van der Waals surface area contributed by atoms with E-state index in [9.17, 15) is 39.6 Å². The van der Waals surface area contributed by atoms with Gasteiger partial charge in [-0.05, 0) is 32.4 Å². The minimum absolute atomic E-state index is 0.0474. The molecular formula is C22H30O12. The lowest BCUT2D eigenvalue weighted by molar-refractivity contribution is -0.157. The third-order valence-electron chi connectivity index (χ3n) is 4.36. The number of carboxylic acid groups (broad SMARTS) is 1. The number of rotatable bonds is 13. The molecule has 190 valence electrons. The van der Waals surface area contributed by atoms with E-state index in [1.54, 1.807) is 0 Å². The number of carbonyl (C=O) groups is 4. The van der Waals surface area contributed by atoms with Crippen molar-refractivity contribution in [1.29, 1.82) is 0 Å². The van der Waals surface area contributed by atoms with Crippen LogP contribution in [0, 0.1) is 0 Å². The first kappa shape index (κ1) is 28.7. The van der Waals surface area contributed by atoms with Crippen LogP contribution in [0.3, 0.4) is 0 Å². The van der Waals surface area contributed by atoms with Crippen LogP contribution in [0.25, 0.3) is 0 Å². The number of carboxylic acids is 1. The largest absolute Gasteiger partial charge is 0.508 e. The summed E-state index contributed by atoms with van der Waals surface area (Å²) in [7, 11) is 0. The summed E-state index contributed by atoms with van der Waals surface area (Å²) in [6.07, 6.45) is -5.22. The van der Waals surface area contributed by atoms with Gasteiger partial charge in [0.05, 0.1) is 32.0 Å². The number of phenolic OH excluding ortho intramolecular Hbond substituents is 2. The molecule has 0 spiro atoms. The summed E-state index contributed by atoms with van der Waals surface area (Å²) in [5.74, 6) is -4.88. The number of esters is 3. The van der Waals surface area contributed by atoms with E-state index in [4.69, 9.17) is 19.3 Å². The van der Waals surface area contributed by atoms with Crippen LogP contribution in [-0.4, -0.2) is 80.4 Å². The first-order valence-corrected chi connectivity index (χ1v) is 10.5. The molecule has 0 aliphatic heterocycles. The standard InChI is InChI=1S/C22H30O12/c1-11(24)4-19(29)33-13(3)6-20(30)32-12(2)5-14-7-15(25)8-17(26)21(14)22(31)34-16(10-23)9-18(27)28/h7-8,11-13,16,23-26H,4-6,9-10H2,1-3H3,(H,27,28)/t11-,12-,13-,16+/m1/s1. The summed E-state index contributed by atoms with van der Waals surface area (Å²) in [6, 6.07) is 2.03. The Morgan fingerprint density at radius 3 is 2.03 bits per heavy atom. The molecular weight excluding hydrogens is 456 g/mol. The minimum Gasteiger partial charge on any atom is -0.508 e. The van der Waals surface area contributed by atoms with Crippen molar-refractivity contribution in [2.24, 2.45) is 0 Å². The summed E-state index contributed by atoms with van der Waals surface area (Å²) in [5.41, 5.74) is -0.337. The summed E-state index contributed by atoms with van der Waals surface area (Å²) in [5, 5.41) is 47.2. The van der Waals surface area contributed by atoms with E-state index in [1.165, 1.54) is 20.8 Å². The molecule has 0 amide bonds. The van der Waals surface area contributed by atoms with Crippen molar-refractivity contribution in [2.75, 3.05) is 6.61 Å². The lowest BCUT2D eigenvalue weighted by Gasteiger charge is -2.19. The second-order valence-electron chi connectivity index (χ2n) is 7.87. The van der Waals surface area contributed by atoms with Crippen LogP contribution in [-0.2, 0) is 35.0 Å². The van der Waals surface area contributed by atoms with Gasteiger partial charge in [-0.1, -0.05) is 0 Å². The predicted molar refractivity (Wildman–Crippen MR) is 114 cm³/mol. The molecule has 0 saturated heterocycles. The van der Waals surface area contributed by atoms with Gasteiger partial charge in [-0.15, -0.1) is 0 Å². The maximum atomic E-state index is 12.5. The van der Waals surface area contributed by atoms with Gasteiger partial charge in [-0.25, -0.2) is 4.79 Å². The van der Waals surface area contributed by atoms with E-state index in [0.29, 0.717) is 0 Å². The zero-order chi connectivity index (χ0) is 26.0. The molecule has 0 aliphatic rings. The Labute approximate surface area is 195 Å². The average Bonchev–Trinajstić information content (AvgIpc) is 2.64. The van der Waals surface area contributed by atoms with Crippen LogP contribution in [0.5, 0.6) is 11.5 Å². The first-order chi connectivity index (χ1) is 15.8. The van der Waals surface area contributed by atoms with Gasteiger partial charge in [-0.2, -0.15) is 0 Å². The zero-order valence-corrected chi connectivity index (χ0v) is 19.1. The van der Waals surface area contributed by atoms with Crippen LogP contribution >= 0.6 is 0 Å². The van der Waals surface area contributed by atoms with Gasteiger partial charge < -0.3 is 39.7 Å². The topological polar surface area (TPSA) is 197 Å². The van der Waals surface area contributed by atoms with Gasteiger partial charge in [0.15, 0.2) is 0 Å². The minimum atomic E-state index is -1.36. The summed E-state index contributed by atoms with van der Waals surface area (Å²) in [6.45, 7) is 3.61. The number of aliphatic hydroxyl groups excluding tert-OH is 2. The number of aliphatic hydroxyl groups is 2. The predicted octanol–water partition coefficient (Wildman–Crippen LogP) is 0.657. The van der Waals surface area contributed by atoms with Gasteiger partial charge in [0.1, 0.15) is 35.4 Å². The van der Waals surface area contributed by atoms with Crippen LogP contribution < -0.4 is 0 Å². The Morgan fingerprint density at radius 2 is 1.47 bits per heavy atom. The maximum absolute atomic E-state index is 12.5. The van der Waals surface area contributed by atoms with E-state index in [2.05, 4.69) is 0 Å². The molecule has 0 fully saturated rings. The van der Waals surface area contributed by atoms with Gasteiger partial charge in [0, 0.05) is 12.5 Å². The highest BCUT2D eigenvalue weighted by Gasteiger charge is 2.26. The molecule has 0 radical (unpaired) electrons. The van der Waals surface area contributed by atoms with E-state index < -0.39 is 67.1 Å². The Kier molecular flexibility index (Phi) is 11.3. The van der Waals surface area contributed by atoms with Crippen molar-refractivity contribution >= 4 is 23.9 Å². The molecule has 0 aliphatic carbocycles. The molecule has 1 aromatic carbocycles. The average molecular weight is 486 g/mol. The number of hydrogen-bond acceptors (Lipinski definition) is 11. The fraction of sp³-hybridized carbons (Fsp3) is 0.545. The van der Waals surface area contributed by atoms with E-state index >= 15 is 0 Å². The highest BCUT2D eigenvalue weighted by molar-refractivity contribution is 5.94. The second kappa shape index (κ2) is 13.4. The van der Waals surface area contributed by atoms with Gasteiger partial charge in [0.2, 0.25) is 0 Å². The molecule has 0 saturated carbocycles. The Morgan fingerprint density at radius 1 is 0.882 bits per heavy atom. The molecule has 0 heterocycles. The van der Waals surface area contributed by atoms with E-state index in [1.807, 2.05) is 0 Å². The monoisotopic (exact) mass is 486 g/mol. The fourth-order valence-electron chi connectivity index (χ4n) is 3.03. The third kappa shape index (κ3) is 10.0. The van der Waals surface area contributed by atoms with E-state index in [-0.39, 0.29) is 36.1 Å². The smallest absolute Gasteiger partial charge is 0.342 e.